The molecule has 9 rings (SSSR count). The first-order chi connectivity index (χ1) is 30.7. The number of ether oxygens (including phenoxy) is 1. The molecule has 1 spiro atoms. The number of anilines is 2. The van der Waals surface area contributed by atoms with Gasteiger partial charge in [0, 0.05) is 61.1 Å². The second kappa shape index (κ2) is 17.4. The fraction of sp³-hybridized carbons (Fsp3) is 0.479. The van der Waals surface area contributed by atoms with Crippen molar-refractivity contribution >= 4 is 44.2 Å². The second-order valence-electron chi connectivity index (χ2n) is 19.1. The van der Waals surface area contributed by atoms with Crippen molar-refractivity contribution in [3.05, 3.63) is 106 Å². The Balaban J connectivity index is 0.895. The van der Waals surface area contributed by atoms with Gasteiger partial charge < -0.3 is 25.0 Å². The number of aromatic nitrogens is 3. The maximum Gasteiger partial charge on any atom is 0.312 e. The van der Waals surface area contributed by atoms with E-state index in [1.807, 2.05) is 12.1 Å². The summed E-state index contributed by atoms with van der Waals surface area (Å²) in [5, 5.41) is 26.2. The van der Waals surface area contributed by atoms with E-state index in [1.54, 1.807) is 31.3 Å². The number of carbonyl (C=O) groups is 1. The SMILES string of the molecule is CC(C)c1ccccc1[C@H]1CCCN1C1CC2(CCN(c3ccc(C(=O)NS(=O)(=O)c4cnc(NC[C@H]5CC[C@](C)(O)CC5)c([N+](=O)[O-])c4)c(Oc4cnc5[nH]ccc5c4)c3)CC2)C1. The molecule has 1 atom stereocenters. The first kappa shape index (κ1) is 43.7. The molecule has 4 fully saturated rings. The number of H-pyrrole nitrogens is 1. The average molecular weight is 891 g/mol. The van der Waals surface area contributed by atoms with Crippen LogP contribution in [0.3, 0.4) is 0 Å². The zero-order valence-electron chi connectivity index (χ0n) is 36.8. The van der Waals surface area contributed by atoms with Crippen molar-refractivity contribution in [2.24, 2.45) is 11.3 Å². The van der Waals surface area contributed by atoms with Gasteiger partial charge >= 0.3 is 5.69 Å². The van der Waals surface area contributed by atoms with Crippen molar-refractivity contribution in [2.75, 3.05) is 36.4 Å². The van der Waals surface area contributed by atoms with E-state index in [2.05, 4.69) is 72.9 Å². The Bertz CT molecular complexity index is 2640. The molecule has 0 radical (unpaired) electrons. The molecule has 5 heterocycles. The van der Waals surface area contributed by atoms with Crippen LogP contribution in [-0.2, 0) is 10.0 Å². The van der Waals surface area contributed by atoms with Gasteiger partial charge in [0.15, 0.2) is 0 Å². The van der Waals surface area contributed by atoms with Crippen LogP contribution in [0.1, 0.15) is 118 Å². The van der Waals surface area contributed by atoms with Crippen LogP contribution in [0, 0.1) is 21.4 Å². The molecule has 338 valence electrons. The molecule has 16 heteroatoms. The monoisotopic (exact) mass is 890 g/mol. The largest absolute Gasteiger partial charge is 0.455 e. The average Bonchev–Trinajstić information content (AvgIpc) is 3.95. The van der Waals surface area contributed by atoms with E-state index in [1.165, 1.54) is 43.0 Å². The van der Waals surface area contributed by atoms with Crippen LogP contribution in [0.25, 0.3) is 11.0 Å². The van der Waals surface area contributed by atoms with E-state index in [0.29, 0.717) is 54.2 Å². The number of fused-ring (bicyclic) bond motifs is 1. The van der Waals surface area contributed by atoms with E-state index >= 15 is 0 Å². The number of carbonyl (C=O) groups excluding carboxylic acids is 1. The van der Waals surface area contributed by atoms with Crippen molar-refractivity contribution < 1.29 is 28.0 Å². The Morgan fingerprint density at radius 1 is 1.00 bits per heavy atom. The van der Waals surface area contributed by atoms with E-state index in [-0.39, 0.29) is 23.0 Å². The van der Waals surface area contributed by atoms with Crippen LogP contribution >= 0.6 is 0 Å². The molecule has 2 saturated carbocycles. The molecule has 2 aliphatic carbocycles. The Morgan fingerprint density at radius 2 is 1.77 bits per heavy atom. The molecule has 1 amide bonds. The number of benzene rings is 2. The van der Waals surface area contributed by atoms with Crippen molar-refractivity contribution in [2.45, 2.75) is 113 Å². The van der Waals surface area contributed by atoms with Gasteiger partial charge in [0.25, 0.3) is 15.9 Å². The van der Waals surface area contributed by atoms with E-state index < -0.39 is 37.0 Å². The smallest absolute Gasteiger partial charge is 0.312 e. The number of aromatic amines is 1. The summed E-state index contributed by atoms with van der Waals surface area (Å²) >= 11 is 0. The predicted octanol–water partition coefficient (Wildman–Crippen LogP) is 8.84. The molecule has 2 aromatic carbocycles. The molecular formula is C48H58N8O7S. The van der Waals surface area contributed by atoms with E-state index in [4.69, 9.17) is 4.74 Å². The number of aliphatic hydroxyl groups is 1. The van der Waals surface area contributed by atoms with Crippen molar-refractivity contribution in [3.63, 3.8) is 0 Å². The minimum atomic E-state index is -4.62. The molecule has 0 unspecified atom stereocenters. The Hall–Kier alpha value is -5.58. The predicted molar refractivity (Wildman–Crippen MR) is 245 cm³/mol. The lowest BCUT2D eigenvalue weighted by Crippen LogP contribution is -2.54. The van der Waals surface area contributed by atoms with Gasteiger partial charge in [-0.2, -0.15) is 0 Å². The van der Waals surface area contributed by atoms with Gasteiger partial charge in [-0.15, -0.1) is 0 Å². The van der Waals surface area contributed by atoms with Gasteiger partial charge in [-0.25, -0.2) is 23.1 Å². The molecule has 15 nitrogen and oxygen atoms in total. The van der Waals surface area contributed by atoms with Crippen LogP contribution < -0.4 is 19.7 Å². The molecule has 4 aliphatic rings. The summed E-state index contributed by atoms with van der Waals surface area (Å²) in [6, 6.07) is 19.7. The molecular weight excluding hydrogens is 833 g/mol. The minimum absolute atomic E-state index is 0.0387. The number of nitrogens with zero attached hydrogens (tertiary/aromatic N) is 5. The number of piperidine rings is 1. The quantitative estimate of drug-likeness (QED) is 0.0649. The number of likely N-dealkylation sites (tertiary alicyclic amines) is 1. The lowest BCUT2D eigenvalue weighted by molar-refractivity contribution is -0.384. The summed E-state index contributed by atoms with van der Waals surface area (Å²) in [5.41, 5.74) is 3.47. The summed E-state index contributed by atoms with van der Waals surface area (Å²) in [6.07, 6.45) is 13.9. The molecule has 3 aromatic heterocycles. The van der Waals surface area contributed by atoms with Gasteiger partial charge in [0.05, 0.1) is 28.5 Å². The van der Waals surface area contributed by atoms with E-state index in [0.717, 1.165) is 68.7 Å². The third-order valence-electron chi connectivity index (χ3n) is 14.4. The third-order valence-corrected chi connectivity index (χ3v) is 15.7. The summed E-state index contributed by atoms with van der Waals surface area (Å²) in [6.45, 7) is 9.57. The van der Waals surface area contributed by atoms with Crippen molar-refractivity contribution in [1.29, 1.82) is 0 Å². The van der Waals surface area contributed by atoms with Crippen LogP contribution in [0.4, 0.5) is 17.2 Å². The molecule has 4 N–H and O–H groups in total. The van der Waals surface area contributed by atoms with E-state index in [9.17, 15) is 28.4 Å². The number of sulfonamides is 1. The van der Waals surface area contributed by atoms with Gasteiger partial charge in [-0.3, -0.25) is 19.8 Å². The number of hydrogen-bond acceptors (Lipinski definition) is 12. The maximum absolute atomic E-state index is 14.0. The standard InChI is InChI=1S/C48H58N8O7S/c1-31(2)38-7-4-5-8-39(38)41-9-6-20-55(41)35-26-48(27-35)17-21-54(22-18-48)34-10-11-40(43(24-34)63-36-23-33-14-19-49-44(33)51-29-36)46(57)53-64(61,62)37-25-42(56(59)60)45(52-30-37)50-28-32-12-15-47(3,58)16-13-32/h4-5,7-8,10-11,14,19,23-25,29-32,35,41,58H,6,9,12-13,15-18,20-22,26-28H2,1-3H3,(H,49,51)(H,50,52)(H,53,57)/t32-,41-,47-/m1/s1. The molecule has 0 bridgehead atoms. The number of rotatable bonds is 13. The van der Waals surface area contributed by atoms with Crippen molar-refractivity contribution in [3.8, 4) is 11.5 Å². The summed E-state index contributed by atoms with van der Waals surface area (Å²) < 4.78 is 35.8. The van der Waals surface area contributed by atoms with Gasteiger partial charge in [0.2, 0.25) is 5.82 Å². The zero-order chi connectivity index (χ0) is 44.8. The Morgan fingerprint density at radius 3 is 2.52 bits per heavy atom. The summed E-state index contributed by atoms with van der Waals surface area (Å²) in [4.78, 5) is 41.5. The normalized spacial score (nSPS) is 22.7. The highest BCUT2D eigenvalue weighted by molar-refractivity contribution is 7.90. The van der Waals surface area contributed by atoms with Crippen LogP contribution in [0.2, 0.25) is 0 Å². The highest BCUT2D eigenvalue weighted by atomic mass is 32.2. The summed E-state index contributed by atoms with van der Waals surface area (Å²) in [5.74, 6) is 0.117. The second-order valence-corrected chi connectivity index (χ2v) is 20.8. The minimum Gasteiger partial charge on any atom is -0.455 e. The fourth-order valence-electron chi connectivity index (χ4n) is 10.6. The van der Waals surface area contributed by atoms with Gasteiger partial charge in [-0.1, -0.05) is 38.1 Å². The zero-order valence-corrected chi connectivity index (χ0v) is 37.6. The highest BCUT2D eigenvalue weighted by Crippen LogP contribution is 2.54. The first-order valence-electron chi connectivity index (χ1n) is 22.7. The number of pyridine rings is 2. The summed E-state index contributed by atoms with van der Waals surface area (Å²) in [7, 11) is -4.62. The lowest BCUT2D eigenvalue weighted by atomic mass is 9.59. The maximum atomic E-state index is 14.0. The topological polar surface area (TPSA) is 196 Å². The molecule has 64 heavy (non-hydrogen) atoms. The molecule has 2 saturated heterocycles. The van der Waals surface area contributed by atoms with Crippen LogP contribution in [-0.4, -0.2) is 82.0 Å². The van der Waals surface area contributed by atoms with Crippen LogP contribution in [0.5, 0.6) is 11.5 Å². The lowest BCUT2D eigenvalue weighted by Gasteiger charge is -2.56. The number of nitro groups is 1. The molecule has 2 aliphatic heterocycles. The van der Waals surface area contributed by atoms with Crippen molar-refractivity contribution in [1.82, 2.24) is 24.6 Å². The van der Waals surface area contributed by atoms with Crippen LogP contribution in [0.15, 0.2) is 84.1 Å². The highest BCUT2D eigenvalue weighted by Gasteiger charge is 2.50. The first-order valence-corrected chi connectivity index (χ1v) is 24.2. The van der Waals surface area contributed by atoms with Gasteiger partial charge in [-0.05, 0) is 130 Å². The Kier molecular flexibility index (Phi) is 11.9. The fourth-order valence-corrected chi connectivity index (χ4v) is 11.6. The number of amides is 1. The third kappa shape index (κ3) is 9.04. The molecule has 5 aromatic rings. The number of nitrogens with one attached hydrogen (secondary N) is 3. The van der Waals surface area contributed by atoms with Gasteiger partial charge in [0.1, 0.15) is 22.0 Å². The number of hydrogen-bond donors (Lipinski definition) is 4. The Labute approximate surface area is 374 Å².